The van der Waals surface area contributed by atoms with Gasteiger partial charge in [0.2, 0.25) is 0 Å². The number of methoxy groups -OCH3 is 1. The zero-order chi connectivity index (χ0) is 15.1. The maximum absolute atomic E-state index is 11.7. The Hall–Kier alpha value is -1.92. The Kier molecular flexibility index (Phi) is 5.71. The average Bonchev–Trinajstić information content (AvgIpc) is 2.98. The number of carbonyl (C=O) groups is 1. The van der Waals surface area contributed by atoms with E-state index in [1.165, 1.54) is 11.3 Å². The van der Waals surface area contributed by atoms with Crippen LogP contribution in [0.4, 0.5) is 0 Å². The van der Waals surface area contributed by atoms with E-state index in [1.807, 2.05) is 31.2 Å². The zero-order valence-electron chi connectivity index (χ0n) is 12.1. The van der Waals surface area contributed by atoms with Crippen molar-refractivity contribution in [2.24, 2.45) is 0 Å². The van der Waals surface area contributed by atoms with Gasteiger partial charge in [0.25, 0.3) is 5.91 Å². The number of hydrogen-bond donors (Lipinski definition) is 1. The van der Waals surface area contributed by atoms with Crippen LogP contribution in [0.5, 0.6) is 5.75 Å². The highest BCUT2D eigenvalue weighted by atomic mass is 32.1. The van der Waals surface area contributed by atoms with Gasteiger partial charge in [0.15, 0.2) is 0 Å². The van der Waals surface area contributed by atoms with Crippen molar-refractivity contribution in [1.29, 1.82) is 0 Å². The van der Waals surface area contributed by atoms with Crippen LogP contribution in [0.25, 0.3) is 10.6 Å². The standard InChI is InChI=1S/C15H18N2O3S/c1-3-16-14(18)13-10-21-15(17-13)11-4-6-12(7-5-11)20-9-8-19-2/h4-7,10H,3,8-9H2,1-2H3,(H,16,18). The second-order valence-corrected chi connectivity index (χ2v) is 5.12. The van der Waals surface area contributed by atoms with Crippen LogP contribution in [0, 0.1) is 0 Å². The molecule has 0 aliphatic rings. The van der Waals surface area contributed by atoms with Crippen LogP contribution in [-0.2, 0) is 4.74 Å². The summed E-state index contributed by atoms with van der Waals surface area (Å²) in [5, 5.41) is 5.32. The molecule has 1 amide bonds. The van der Waals surface area contributed by atoms with Gasteiger partial charge in [-0.05, 0) is 31.2 Å². The summed E-state index contributed by atoms with van der Waals surface area (Å²) in [4.78, 5) is 16.0. The molecule has 0 atom stereocenters. The maximum Gasteiger partial charge on any atom is 0.270 e. The Balaban J connectivity index is 2.03. The smallest absolute Gasteiger partial charge is 0.270 e. The molecule has 0 spiro atoms. The van der Waals surface area contributed by atoms with Crippen molar-refractivity contribution in [3.63, 3.8) is 0 Å². The number of nitrogens with zero attached hydrogens (tertiary/aromatic N) is 1. The molecular weight excluding hydrogens is 288 g/mol. The molecule has 1 aromatic heterocycles. The van der Waals surface area contributed by atoms with E-state index in [0.29, 0.717) is 25.5 Å². The number of ether oxygens (including phenoxy) is 2. The maximum atomic E-state index is 11.7. The Bertz CT molecular complexity index is 581. The molecule has 0 radical (unpaired) electrons. The minimum Gasteiger partial charge on any atom is -0.491 e. The minimum atomic E-state index is -0.139. The Morgan fingerprint density at radius 3 is 2.71 bits per heavy atom. The molecule has 2 rings (SSSR count). The second-order valence-electron chi connectivity index (χ2n) is 4.26. The van der Waals surface area contributed by atoms with E-state index in [2.05, 4.69) is 10.3 Å². The molecule has 112 valence electrons. The third kappa shape index (κ3) is 4.27. The van der Waals surface area contributed by atoms with Gasteiger partial charge in [-0.1, -0.05) is 0 Å². The van der Waals surface area contributed by atoms with E-state index in [-0.39, 0.29) is 5.91 Å². The fourth-order valence-corrected chi connectivity index (χ4v) is 2.50. The first-order valence-corrected chi connectivity index (χ1v) is 7.58. The van der Waals surface area contributed by atoms with Gasteiger partial charge in [0.05, 0.1) is 6.61 Å². The lowest BCUT2D eigenvalue weighted by Crippen LogP contribution is -2.22. The van der Waals surface area contributed by atoms with Gasteiger partial charge in [-0.3, -0.25) is 4.79 Å². The van der Waals surface area contributed by atoms with E-state index in [9.17, 15) is 4.79 Å². The summed E-state index contributed by atoms with van der Waals surface area (Å²) in [7, 11) is 1.64. The lowest BCUT2D eigenvalue weighted by atomic mass is 10.2. The van der Waals surface area contributed by atoms with E-state index in [0.717, 1.165) is 16.3 Å². The molecule has 0 saturated carbocycles. The number of thiazole rings is 1. The van der Waals surface area contributed by atoms with Crippen molar-refractivity contribution in [3.05, 3.63) is 35.3 Å². The van der Waals surface area contributed by atoms with Crippen molar-refractivity contribution in [2.45, 2.75) is 6.92 Å². The fraction of sp³-hybridized carbons (Fsp3) is 0.333. The third-order valence-corrected chi connectivity index (χ3v) is 3.62. The number of amides is 1. The Morgan fingerprint density at radius 1 is 1.29 bits per heavy atom. The summed E-state index contributed by atoms with van der Waals surface area (Å²) in [6.45, 7) is 3.56. The molecule has 0 saturated heterocycles. The molecule has 1 N–H and O–H groups in total. The molecular formula is C15H18N2O3S. The zero-order valence-corrected chi connectivity index (χ0v) is 12.9. The van der Waals surface area contributed by atoms with Gasteiger partial charge in [0, 0.05) is 24.6 Å². The molecule has 0 unspecified atom stereocenters. The summed E-state index contributed by atoms with van der Waals surface area (Å²) in [6, 6.07) is 7.64. The summed E-state index contributed by atoms with van der Waals surface area (Å²) < 4.78 is 10.4. The molecule has 1 heterocycles. The van der Waals surface area contributed by atoms with E-state index in [4.69, 9.17) is 9.47 Å². The third-order valence-electron chi connectivity index (χ3n) is 2.73. The highest BCUT2D eigenvalue weighted by Gasteiger charge is 2.10. The van der Waals surface area contributed by atoms with Crippen molar-refractivity contribution >= 4 is 17.2 Å². The molecule has 0 aliphatic carbocycles. The topological polar surface area (TPSA) is 60.5 Å². The molecule has 2 aromatic rings. The van der Waals surface area contributed by atoms with Crippen LogP contribution >= 0.6 is 11.3 Å². The predicted molar refractivity (Wildman–Crippen MR) is 82.9 cm³/mol. The predicted octanol–water partition coefficient (Wildman–Crippen LogP) is 2.59. The second kappa shape index (κ2) is 7.75. The molecule has 21 heavy (non-hydrogen) atoms. The molecule has 0 aliphatic heterocycles. The van der Waals surface area contributed by atoms with Crippen LogP contribution < -0.4 is 10.1 Å². The number of benzene rings is 1. The Labute approximate surface area is 127 Å². The summed E-state index contributed by atoms with van der Waals surface area (Å²) in [5.41, 5.74) is 1.42. The van der Waals surface area contributed by atoms with Crippen LogP contribution in [0.3, 0.4) is 0 Å². The van der Waals surface area contributed by atoms with Gasteiger partial charge >= 0.3 is 0 Å². The first-order valence-electron chi connectivity index (χ1n) is 6.70. The first-order chi connectivity index (χ1) is 10.2. The number of hydrogen-bond acceptors (Lipinski definition) is 5. The SMILES string of the molecule is CCNC(=O)c1csc(-c2ccc(OCCOC)cc2)n1. The van der Waals surface area contributed by atoms with Gasteiger partial charge in [0.1, 0.15) is 23.1 Å². The molecule has 0 bridgehead atoms. The van der Waals surface area contributed by atoms with Crippen molar-refractivity contribution in [2.75, 3.05) is 26.9 Å². The van der Waals surface area contributed by atoms with E-state index >= 15 is 0 Å². The van der Waals surface area contributed by atoms with Crippen LogP contribution in [0.2, 0.25) is 0 Å². The van der Waals surface area contributed by atoms with Gasteiger partial charge in [-0.2, -0.15) is 0 Å². The normalized spacial score (nSPS) is 10.4. The van der Waals surface area contributed by atoms with Crippen LogP contribution in [0.15, 0.2) is 29.6 Å². The molecule has 0 fully saturated rings. The number of rotatable bonds is 7. The quantitative estimate of drug-likeness (QED) is 0.799. The monoisotopic (exact) mass is 306 g/mol. The lowest BCUT2D eigenvalue weighted by Gasteiger charge is -2.05. The van der Waals surface area contributed by atoms with Gasteiger partial charge < -0.3 is 14.8 Å². The molecule has 5 nitrogen and oxygen atoms in total. The molecule has 6 heteroatoms. The summed E-state index contributed by atoms with van der Waals surface area (Å²) in [6.07, 6.45) is 0. The first kappa shape index (κ1) is 15.5. The minimum absolute atomic E-state index is 0.139. The number of nitrogens with one attached hydrogen (secondary N) is 1. The lowest BCUT2D eigenvalue weighted by molar-refractivity contribution is 0.0951. The fourth-order valence-electron chi connectivity index (χ4n) is 1.70. The van der Waals surface area contributed by atoms with Crippen LogP contribution in [-0.4, -0.2) is 37.8 Å². The van der Waals surface area contributed by atoms with Crippen molar-refractivity contribution in [1.82, 2.24) is 10.3 Å². The largest absolute Gasteiger partial charge is 0.491 e. The average molecular weight is 306 g/mol. The number of carbonyl (C=O) groups excluding carboxylic acids is 1. The molecule has 1 aromatic carbocycles. The summed E-state index contributed by atoms with van der Waals surface area (Å²) >= 11 is 1.45. The highest BCUT2D eigenvalue weighted by Crippen LogP contribution is 2.25. The van der Waals surface area contributed by atoms with E-state index in [1.54, 1.807) is 12.5 Å². The van der Waals surface area contributed by atoms with Gasteiger partial charge in [-0.15, -0.1) is 11.3 Å². The number of aromatic nitrogens is 1. The van der Waals surface area contributed by atoms with E-state index < -0.39 is 0 Å². The summed E-state index contributed by atoms with van der Waals surface area (Å²) in [5.74, 6) is 0.649. The van der Waals surface area contributed by atoms with Crippen molar-refractivity contribution < 1.29 is 14.3 Å². The van der Waals surface area contributed by atoms with Crippen molar-refractivity contribution in [3.8, 4) is 16.3 Å². The Morgan fingerprint density at radius 2 is 2.05 bits per heavy atom. The highest BCUT2D eigenvalue weighted by molar-refractivity contribution is 7.13. The van der Waals surface area contributed by atoms with Gasteiger partial charge in [-0.25, -0.2) is 4.98 Å². The van der Waals surface area contributed by atoms with Crippen LogP contribution in [0.1, 0.15) is 17.4 Å².